The average Bonchev–Trinajstić information content (AvgIpc) is 2.07. The van der Waals surface area contributed by atoms with Crippen LogP contribution in [0.25, 0.3) is 0 Å². The lowest BCUT2D eigenvalue weighted by Crippen LogP contribution is -2.22. The summed E-state index contributed by atoms with van der Waals surface area (Å²) in [6.45, 7) is 5.44. The second-order valence-corrected chi connectivity index (χ2v) is 4.55. The van der Waals surface area contributed by atoms with Crippen LogP contribution < -0.4 is 4.83 Å². The first-order valence-corrected chi connectivity index (χ1v) is 4.51. The fourth-order valence-corrected chi connectivity index (χ4v) is 1.26. The third-order valence-electron chi connectivity index (χ3n) is 1.09. The summed E-state index contributed by atoms with van der Waals surface area (Å²) in [5, 5.41) is 3.52. The minimum atomic E-state index is -3.63. The second kappa shape index (κ2) is 2.10. The number of hydrogen-bond acceptors (Lipinski definition) is 4. The summed E-state index contributed by atoms with van der Waals surface area (Å²) in [7, 11) is -3.63. The quantitative estimate of drug-likeness (QED) is 0.576. The summed E-state index contributed by atoms with van der Waals surface area (Å²) in [5.41, 5.74) is -0.378. The first-order chi connectivity index (χ1) is 4.81. The maximum absolute atomic E-state index is 10.6. The number of nitrogens with one attached hydrogen (secondary N) is 1. The molecule has 0 fully saturated rings. The van der Waals surface area contributed by atoms with Crippen LogP contribution in [0.5, 0.6) is 0 Å². The first-order valence-electron chi connectivity index (χ1n) is 3.11. The molecule has 0 aromatic heterocycles. The van der Waals surface area contributed by atoms with Crippen LogP contribution in [0.2, 0.25) is 0 Å². The highest BCUT2D eigenvalue weighted by molar-refractivity contribution is 7.85. The SMILES string of the molecule is CC(C)(C)C1=NNS(=O)(=O)O1. The van der Waals surface area contributed by atoms with Gasteiger partial charge in [-0.1, -0.05) is 20.8 Å². The fourth-order valence-electron chi connectivity index (χ4n) is 0.531. The Kier molecular flexibility index (Phi) is 1.59. The van der Waals surface area contributed by atoms with Crippen LogP contribution >= 0.6 is 0 Å². The largest absolute Gasteiger partial charge is 0.423 e. The van der Waals surface area contributed by atoms with Crippen molar-refractivity contribution in [1.82, 2.24) is 4.83 Å². The van der Waals surface area contributed by atoms with Gasteiger partial charge in [0.25, 0.3) is 0 Å². The molecule has 5 nitrogen and oxygen atoms in total. The molecular formula is C5H10N2O3S. The molecule has 11 heavy (non-hydrogen) atoms. The highest BCUT2D eigenvalue weighted by Crippen LogP contribution is 2.20. The van der Waals surface area contributed by atoms with E-state index in [1.807, 2.05) is 25.6 Å². The summed E-state index contributed by atoms with van der Waals surface area (Å²) in [4.78, 5) is 1.89. The maximum Gasteiger partial charge on any atom is 0.423 e. The smallest absolute Gasteiger partial charge is 0.348 e. The van der Waals surface area contributed by atoms with Gasteiger partial charge in [0, 0.05) is 5.41 Å². The molecule has 1 aliphatic rings. The summed E-state index contributed by atoms with van der Waals surface area (Å²) in [5.74, 6) is 0.192. The highest BCUT2D eigenvalue weighted by atomic mass is 32.2. The van der Waals surface area contributed by atoms with Crippen LogP contribution in [-0.2, 0) is 14.5 Å². The van der Waals surface area contributed by atoms with Crippen molar-refractivity contribution < 1.29 is 12.6 Å². The highest BCUT2D eigenvalue weighted by Gasteiger charge is 2.31. The van der Waals surface area contributed by atoms with Crippen molar-refractivity contribution in [2.45, 2.75) is 20.8 Å². The predicted octanol–water partition coefficient (Wildman–Crippen LogP) is 0.211. The Morgan fingerprint density at radius 1 is 1.45 bits per heavy atom. The Hall–Kier alpha value is -0.780. The Labute approximate surface area is 65.7 Å². The van der Waals surface area contributed by atoms with Crippen molar-refractivity contribution in [2.75, 3.05) is 0 Å². The van der Waals surface area contributed by atoms with E-state index in [1.54, 1.807) is 0 Å². The molecule has 0 saturated heterocycles. The molecule has 0 atom stereocenters. The van der Waals surface area contributed by atoms with Gasteiger partial charge in [0.2, 0.25) is 5.90 Å². The van der Waals surface area contributed by atoms with Gasteiger partial charge in [-0.2, -0.15) is 13.2 Å². The van der Waals surface area contributed by atoms with Gasteiger partial charge in [-0.15, -0.1) is 5.10 Å². The number of nitrogens with zero attached hydrogens (tertiary/aromatic N) is 1. The van der Waals surface area contributed by atoms with Crippen LogP contribution in [0.4, 0.5) is 0 Å². The lowest BCUT2D eigenvalue weighted by Gasteiger charge is -2.14. The van der Waals surface area contributed by atoms with Gasteiger partial charge < -0.3 is 4.18 Å². The molecule has 0 amide bonds. The standard InChI is InChI=1S/C5H10N2O3S/c1-5(2,3)4-6-7-11(8,9)10-4/h7H,1-3H3. The van der Waals surface area contributed by atoms with Gasteiger partial charge in [0.05, 0.1) is 0 Å². The van der Waals surface area contributed by atoms with Crippen molar-refractivity contribution in [3.63, 3.8) is 0 Å². The van der Waals surface area contributed by atoms with Crippen molar-refractivity contribution >= 4 is 16.2 Å². The van der Waals surface area contributed by atoms with Crippen LogP contribution in [0.1, 0.15) is 20.8 Å². The lowest BCUT2D eigenvalue weighted by molar-refractivity contribution is 0.431. The van der Waals surface area contributed by atoms with E-state index < -0.39 is 10.3 Å². The van der Waals surface area contributed by atoms with Crippen LogP contribution in [0.15, 0.2) is 5.10 Å². The zero-order chi connectivity index (χ0) is 8.70. The van der Waals surface area contributed by atoms with Crippen molar-refractivity contribution in [3.05, 3.63) is 0 Å². The molecule has 1 aliphatic heterocycles. The van der Waals surface area contributed by atoms with E-state index in [-0.39, 0.29) is 11.3 Å². The molecule has 0 aromatic carbocycles. The summed E-state index contributed by atoms with van der Waals surface area (Å²) >= 11 is 0. The van der Waals surface area contributed by atoms with E-state index in [4.69, 9.17) is 0 Å². The van der Waals surface area contributed by atoms with Crippen molar-refractivity contribution in [3.8, 4) is 0 Å². The Bertz CT molecular complexity index is 285. The molecule has 1 N–H and O–H groups in total. The van der Waals surface area contributed by atoms with E-state index in [0.29, 0.717) is 0 Å². The van der Waals surface area contributed by atoms with Crippen LogP contribution in [0, 0.1) is 5.41 Å². The van der Waals surface area contributed by atoms with E-state index in [1.165, 1.54) is 0 Å². The van der Waals surface area contributed by atoms with Gasteiger partial charge in [-0.05, 0) is 0 Å². The van der Waals surface area contributed by atoms with Gasteiger partial charge in [-0.3, -0.25) is 0 Å². The average molecular weight is 178 g/mol. The van der Waals surface area contributed by atoms with Crippen molar-refractivity contribution in [2.24, 2.45) is 10.5 Å². The van der Waals surface area contributed by atoms with Crippen LogP contribution in [-0.4, -0.2) is 14.3 Å². The Morgan fingerprint density at radius 2 is 2.00 bits per heavy atom. The molecule has 1 heterocycles. The summed E-state index contributed by atoms with van der Waals surface area (Å²) in [6, 6.07) is 0. The predicted molar refractivity (Wildman–Crippen MR) is 40.0 cm³/mol. The Balaban J connectivity index is 2.84. The summed E-state index contributed by atoms with van der Waals surface area (Å²) < 4.78 is 25.8. The van der Waals surface area contributed by atoms with E-state index in [2.05, 4.69) is 9.28 Å². The number of hydrogen-bond donors (Lipinski definition) is 1. The molecule has 0 aliphatic carbocycles. The van der Waals surface area contributed by atoms with Crippen LogP contribution in [0.3, 0.4) is 0 Å². The molecule has 0 radical (unpaired) electrons. The molecule has 64 valence electrons. The minimum Gasteiger partial charge on any atom is -0.348 e. The number of rotatable bonds is 0. The second-order valence-electron chi connectivity index (χ2n) is 3.30. The van der Waals surface area contributed by atoms with Gasteiger partial charge >= 0.3 is 10.3 Å². The zero-order valence-corrected chi connectivity index (χ0v) is 7.40. The lowest BCUT2D eigenvalue weighted by atomic mass is 9.97. The molecule has 0 unspecified atom stereocenters. The third-order valence-corrected chi connectivity index (χ3v) is 1.78. The summed E-state index contributed by atoms with van der Waals surface area (Å²) in [6.07, 6.45) is 0. The maximum atomic E-state index is 10.6. The third kappa shape index (κ3) is 1.83. The van der Waals surface area contributed by atoms with E-state index >= 15 is 0 Å². The fraction of sp³-hybridized carbons (Fsp3) is 0.800. The topological polar surface area (TPSA) is 67.8 Å². The van der Waals surface area contributed by atoms with Crippen molar-refractivity contribution in [1.29, 1.82) is 0 Å². The van der Waals surface area contributed by atoms with Gasteiger partial charge in [0.1, 0.15) is 0 Å². The van der Waals surface area contributed by atoms with E-state index in [9.17, 15) is 8.42 Å². The minimum absolute atomic E-state index is 0.192. The Morgan fingerprint density at radius 3 is 2.18 bits per heavy atom. The zero-order valence-electron chi connectivity index (χ0n) is 6.58. The molecular weight excluding hydrogens is 168 g/mol. The first kappa shape index (κ1) is 8.32. The molecule has 0 saturated carbocycles. The normalized spacial score (nSPS) is 21.9. The monoisotopic (exact) mass is 178 g/mol. The molecule has 1 rings (SSSR count). The molecule has 0 aromatic rings. The van der Waals surface area contributed by atoms with Gasteiger partial charge in [-0.25, -0.2) is 0 Å². The van der Waals surface area contributed by atoms with E-state index in [0.717, 1.165) is 0 Å². The number of hydrazone groups is 1. The molecule has 6 heteroatoms. The molecule has 0 bridgehead atoms. The van der Waals surface area contributed by atoms with Gasteiger partial charge in [0.15, 0.2) is 0 Å². The molecule has 0 spiro atoms.